The molecule has 4 nitrogen and oxygen atoms in total. The van der Waals surface area contributed by atoms with Crippen LogP contribution in [0.15, 0.2) is 24.3 Å². The zero-order valence-corrected chi connectivity index (χ0v) is 11.0. The summed E-state index contributed by atoms with van der Waals surface area (Å²) in [6, 6.07) is 7.26. The van der Waals surface area contributed by atoms with E-state index in [0.29, 0.717) is 24.5 Å². The molecule has 5 heteroatoms. The van der Waals surface area contributed by atoms with Crippen LogP contribution >= 0.6 is 11.6 Å². The van der Waals surface area contributed by atoms with Gasteiger partial charge in [0.1, 0.15) is 5.54 Å². The summed E-state index contributed by atoms with van der Waals surface area (Å²) in [5.41, 5.74) is 5.59. The fourth-order valence-corrected chi connectivity index (χ4v) is 2.47. The third-order valence-corrected chi connectivity index (χ3v) is 3.47. The van der Waals surface area contributed by atoms with Crippen LogP contribution < -0.4 is 11.1 Å². The molecular weight excluding hydrogens is 252 g/mol. The molecule has 0 aromatic heterocycles. The first kappa shape index (κ1) is 13.2. The van der Waals surface area contributed by atoms with E-state index < -0.39 is 5.54 Å². The molecule has 0 spiro atoms. The first-order chi connectivity index (χ1) is 8.55. The molecule has 2 rings (SSSR count). The predicted molar refractivity (Wildman–Crippen MR) is 71.6 cm³/mol. The Labute approximate surface area is 111 Å². The minimum absolute atomic E-state index is 0.106. The van der Waals surface area contributed by atoms with Crippen molar-refractivity contribution in [2.75, 3.05) is 11.9 Å². The summed E-state index contributed by atoms with van der Waals surface area (Å²) in [5, 5.41) is 3.81. The first-order valence-corrected chi connectivity index (χ1v) is 6.39. The van der Waals surface area contributed by atoms with Gasteiger partial charge in [-0.3, -0.25) is 4.79 Å². The van der Waals surface area contributed by atoms with E-state index in [1.807, 2.05) is 19.1 Å². The molecule has 0 bridgehead atoms. The van der Waals surface area contributed by atoms with E-state index in [2.05, 4.69) is 5.32 Å². The van der Waals surface area contributed by atoms with Crippen molar-refractivity contribution in [2.45, 2.75) is 31.4 Å². The molecule has 0 unspecified atom stereocenters. The van der Waals surface area contributed by atoms with Crippen LogP contribution in [-0.4, -0.2) is 24.2 Å². The zero-order valence-electron chi connectivity index (χ0n) is 10.3. The number of ether oxygens (including phenoxy) is 1. The molecule has 3 N–H and O–H groups in total. The van der Waals surface area contributed by atoms with E-state index in [1.54, 1.807) is 12.1 Å². The Morgan fingerprint density at radius 1 is 1.61 bits per heavy atom. The highest BCUT2D eigenvalue weighted by atomic mass is 35.5. The van der Waals surface area contributed by atoms with E-state index in [4.69, 9.17) is 22.1 Å². The van der Waals surface area contributed by atoms with Crippen LogP contribution in [0.4, 0.5) is 5.69 Å². The Bertz CT molecular complexity index is 444. The zero-order chi connectivity index (χ0) is 13.2. The molecule has 0 atom stereocenters. The van der Waals surface area contributed by atoms with Gasteiger partial charge in [0.05, 0.1) is 6.10 Å². The van der Waals surface area contributed by atoms with Gasteiger partial charge in [-0.15, -0.1) is 0 Å². The highest BCUT2D eigenvalue weighted by molar-refractivity contribution is 6.30. The molecule has 1 aliphatic carbocycles. The fourth-order valence-electron chi connectivity index (χ4n) is 2.28. The number of carbonyl (C=O) groups excluding carboxylic acids is 1. The molecule has 1 aromatic carbocycles. The molecule has 98 valence electrons. The second-order valence-electron chi connectivity index (χ2n) is 4.57. The quantitative estimate of drug-likeness (QED) is 0.860. The number of anilines is 1. The summed E-state index contributed by atoms with van der Waals surface area (Å²) in [7, 11) is 0. The van der Waals surface area contributed by atoms with Crippen molar-refractivity contribution in [3.63, 3.8) is 0 Å². The number of halogens is 1. The lowest BCUT2D eigenvalue weighted by Gasteiger charge is -2.45. The van der Waals surface area contributed by atoms with Crippen molar-refractivity contribution >= 4 is 23.2 Å². The van der Waals surface area contributed by atoms with Gasteiger partial charge in [-0.05, 0) is 25.1 Å². The topological polar surface area (TPSA) is 64.3 Å². The molecule has 18 heavy (non-hydrogen) atoms. The van der Waals surface area contributed by atoms with Crippen LogP contribution in [0.3, 0.4) is 0 Å². The number of rotatable bonds is 5. The number of nitrogens with two attached hydrogens (primary N) is 1. The molecule has 1 fully saturated rings. The number of primary amides is 1. The summed E-state index contributed by atoms with van der Waals surface area (Å²) >= 11 is 5.91. The molecule has 1 aliphatic rings. The molecule has 1 amide bonds. The van der Waals surface area contributed by atoms with Gasteiger partial charge >= 0.3 is 0 Å². The highest BCUT2D eigenvalue weighted by Gasteiger charge is 2.49. The Morgan fingerprint density at radius 3 is 2.89 bits per heavy atom. The first-order valence-electron chi connectivity index (χ1n) is 6.01. The molecule has 0 radical (unpaired) electrons. The average molecular weight is 269 g/mol. The summed E-state index contributed by atoms with van der Waals surface area (Å²) in [4.78, 5) is 11.6. The minimum Gasteiger partial charge on any atom is -0.378 e. The molecular formula is C13H17ClN2O2. The van der Waals surface area contributed by atoms with Gasteiger partial charge in [0.15, 0.2) is 0 Å². The lowest BCUT2D eigenvalue weighted by molar-refractivity contribution is -0.131. The minimum atomic E-state index is -0.704. The van der Waals surface area contributed by atoms with Gasteiger partial charge in [0, 0.05) is 30.2 Å². The van der Waals surface area contributed by atoms with E-state index in [9.17, 15) is 4.79 Å². The van der Waals surface area contributed by atoms with Gasteiger partial charge in [-0.2, -0.15) is 0 Å². The number of carbonyl (C=O) groups is 1. The van der Waals surface area contributed by atoms with Crippen molar-refractivity contribution in [1.82, 2.24) is 0 Å². The maximum absolute atomic E-state index is 11.6. The average Bonchev–Trinajstić information content (AvgIpc) is 2.25. The maximum atomic E-state index is 11.6. The SMILES string of the molecule is CCOC1CC(Nc2cccc(Cl)c2)(C(N)=O)C1. The van der Waals surface area contributed by atoms with Crippen LogP contribution in [0.25, 0.3) is 0 Å². The summed E-state index contributed by atoms with van der Waals surface area (Å²) in [5.74, 6) is -0.349. The molecule has 0 heterocycles. The Kier molecular flexibility index (Phi) is 3.78. The van der Waals surface area contributed by atoms with Crippen molar-refractivity contribution in [1.29, 1.82) is 0 Å². The fraction of sp³-hybridized carbons (Fsp3) is 0.462. The van der Waals surface area contributed by atoms with Crippen molar-refractivity contribution in [3.8, 4) is 0 Å². The van der Waals surface area contributed by atoms with Crippen LogP contribution in [0.1, 0.15) is 19.8 Å². The van der Waals surface area contributed by atoms with Gasteiger partial charge in [0.25, 0.3) is 0 Å². The second-order valence-corrected chi connectivity index (χ2v) is 5.00. The van der Waals surface area contributed by atoms with Crippen molar-refractivity contribution in [2.24, 2.45) is 5.73 Å². The summed E-state index contributed by atoms with van der Waals surface area (Å²) < 4.78 is 5.47. The molecule has 0 aliphatic heterocycles. The third-order valence-electron chi connectivity index (χ3n) is 3.23. The van der Waals surface area contributed by atoms with Crippen LogP contribution in [0, 0.1) is 0 Å². The smallest absolute Gasteiger partial charge is 0.243 e. The number of hydrogen-bond acceptors (Lipinski definition) is 3. The summed E-state index contributed by atoms with van der Waals surface area (Å²) in [6.07, 6.45) is 1.31. The van der Waals surface area contributed by atoms with Crippen LogP contribution in [0.2, 0.25) is 5.02 Å². The van der Waals surface area contributed by atoms with E-state index >= 15 is 0 Å². The maximum Gasteiger partial charge on any atom is 0.243 e. The van der Waals surface area contributed by atoms with Gasteiger partial charge in [-0.1, -0.05) is 17.7 Å². The largest absolute Gasteiger partial charge is 0.378 e. The van der Waals surface area contributed by atoms with Crippen molar-refractivity contribution < 1.29 is 9.53 Å². The Morgan fingerprint density at radius 2 is 2.33 bits per heavy atom. The van der Waals surface area contributed by atoms with Gasteiger partial charge in [0.2, 0.25) is 5.91 Å². The Balaban J connectivity index is 2.07. The Hall–Kier alpha value is -1.26. The van der Waals surface area contributed by atoms with E-state index in [-0.39, 0.29) is 12.0 Å². The summed E-state index contributed by atoms with van der Waals surface area (Å²) in [6.45, 7) is 2.59. The lowest BCUT2D eigenvalue weighted by atomic mass is 9.73. The van der Waals surface area contributed by atoms with Crippen molar-refractivity contribution in [3.05, 3.63) is 29.3 Å². The lowest BCUT2D eigenvalue weighted by Crippen LogP contribution is -2.61. The number of hydrogen-bond donors (Lipinski definition) is 2. The molecule has 1 saturated carbocycles. The van der Waals surface area contributed by atoms with Crippen LogP contribution in [0.5, 0.6) is 0 Å². The monoisotopic (exact) mass is 268 g/mol. The molecule has 1 aromatic rings. The predicted octanol–water partition coefficient (Wildman–Crippen LogP) is 2.17. The third kappa shape index (κ3) is 2.60. The normalized spacial score (nSPS) is 26.4. The van der Waals surface area contributed by atoms with E-state index in [1.165, 1.54) is 0 Å². The van der Waals surface area contributed by atoms with Gasteiger partial charge in [-0.25, -0.2) is 0 Å². The number of nitrogens with one attached hydrogen (secondary N) is 1. The van der Waals surface area contributed by atoms with Gasteiger partial charge < -0.3 is 15.8 Å². The standard InChI is InChI=1S/C13H17ClN2O2/c1-2-18-11-7-13(8-11,12(15)17)16-10-5-3-4-9(14)6-10/h3-6,11,16H,2,7-8H2,1H3,(H2,15,17). The second kappa shape index (κ2) is 5.16. The highest BCUT2D eigenvalue weighted by Crippen LogP contribution is 2.37. The van der Waals surface area contributed by atoms with E-state index in [0.717, 1.165) is 5.69 Å². The molecule has 0 saturated heterocycles. The number of amides is 1. The number of benzene rings is 1. The van der Waals surface area contributed by atoms with Crippen LogP contribution in [-0.2, 0) is 9.53 Å².